The van der Waals surface area contributed by atoms with Crippen molar-refractivity contribution in [1.82, 2.24) is 9.97 Å². The second-order valence-corrected chi connectivity index (χ2v) is 5.84. The van der Waals surface area contributed by atoms with Gasteiger partial charge in [0.15, 0.2) is 0 Å². The van der Waals surface area contributed by atoms with Gasteiger partial charge in [-0.25, -0.2) is 15.8 Å². The summed E-state index contributed by atoms with van der Waals surface area (Å²) in [6.07, 6.45) is 3.62. The summed E-state index contributed by atoms with van der Waals surface area (Å²) < 4.78 is 5.67. The van der Waals surface area contributed by atoms with Crippen LogP contribution in [0.3, 0.4) is 0 Å². The minimum absolute atomic E-state index is 0.230. The van der Waals surface area contributed by atoms with Crippen LogP contribution >= 0.6 is 0 Å². The molecule has 1 aromatic heterocycles. The van der Waals surface area contributed by atoms with E-state index in [1.165, 1.54) is 12.8 Å². The molecule has 2 fully saturated rings. The van der Waals surface area contributed by atoms with Crippen molar-refractivity contribution in [2.45, 2.75) is 51.2 Å². The molecule has 0 radical (unpaired) electrons. The van der Waals surface area contributed by atoms with Crippen molar-refractivity contribution in [1.29, 1.82) is 0 Å². The van der Waals surface area contributed by atoms with Crippen molar-refractivity contribution in [2.75, 3.05) is 24.0 Å². The highest BCUT2D eigenvalue weighted by atomic mass is 16.5. The molecule has 3 N–H and O–H groups in total. The minimum atomic E-state index is 0.230. The molecular weight excluding hydrogens is 254 g/mol. The topological polar surface area (TPSA) is 76.3 Å². The Morgan fingerprint density at radius 3 is 2.60 bits per heavy atom. The number of nitrogens with zero attached hydrogens (tertiary/aromatic N) is 3. The third-order valence-corrected chi connectivity index (χ3v) is 4.38. The van der Waals surface area contributed by atoms with E-state index in [-0.39, 0.29) is 6.10 Å². The van der Waals surface area contributed by atoms with Gasteiger partial charge in [0.25, 0.3) is 0 Å². The third-order valence-electron chi connectivity index (χ3n) is 4.38. The Kier molecular flexibility index (Phi) is 3.52. The molecule has 3 rings (SSSR count). The molecule has 1 saturated carbocycles. The molecule has 0 spiro atoms. The number of nitrogens with one attached hydrogen (secondary N) is 1. The van der Waals surface area contributed by atoms with E-state index in [1.54, 1.807) is 0 Å². The maximum atomic E-state index is 5.67. The van der Waals surface area contributed by atoms with Gasteiger partial charge in [-0.3, -0.25) is 0 Å². The van der Waals surface area contributed by atoms with Gasteiger partial charge in [0.1, 0.15) is 17.5 Å². The molecular formula is C14H23N5O. The highest BCUT2D eigenvalue weighted by Gasteiger charge is 2.32. The number of rotatable bonds is 4. The van der Waals surface area contributed by atoms with Crippen molar-refractivity contribution in [2.24, 2.45) is 5.84 Å². The first kappa shape index (κ1) is 13.6. The minimum Gasteiger partial charge on any atom is -0.376 e. The molecule has 2 heterocycles. The molecule has 1 saturated heterocycles. The van der Waals surface area contributed by atoms with E-state index in [1.807, 2.05) is 6.92 Å². The Hall–Kier alpha value is -1.40. The van der Waals surface area contributed by atoms with Gasteiger partial charge in [-0.1, -0.05) is 0 Å². The Bertz CT molecular complexity index is 503. The lowest BCUT2D eigenvalue weighted by atomic mass is 10.1. The monoisotopic (exact) mass is 277 g/mol. The predicted octanol–water partition coefficient (Wildman–Crippen LogP) is 1.56. The molecule has 6 heteroatoms. The Morgan fingerprint density at radius 2 is 2.05 bits per heavy atom. The SMILES string of the molecule is Cc1c(NN)nc(C2CC2)nc1N(C)C1CCOC1C. The van der Waals surface area contributed by atoms with Crippen LogP contribution in [0.5, 0.6) is 0 Å². The van der Waals surface area contributed by atoms with Crippen LogP contribution < -0.4 is 16.2 Å². The van der Waals surface area contributed by atoms with Gasteiger partial charge >= 0.3 is 0 Å². The highest BCUT2D eigenvalue weighted by molar-refractivity contribution is 5.59. The Labute approximate surface area is 119 Å². The Morgan fingerprint density at radius 1 is 1.30 bits per heavy atom. The molecule has 6 nitrogen and oxygen atoms in total. The maximum absolute atomic E-state index is 5.67. The fourth-order valence-electron chi connectivity index (χ4n) is 2.92. The average molecular weight is 277 g/mol. The van der Waals surface area contributed by atoms with Crippen LogP contribution in [-0.4, -0.2) is 35.8 Å². The van der Waals surface area contributed by atoms with Gasteiger partial charge < -0.3 is 15.1 Å². The van der Waals surface area contributed by atoms with E-state index in [4.69, 9.17) is 15.6 Å². The van der Waals surface area contributed by atoms with Crippen molar-refractivity contribution < 1.29 is 4.74 Å². The summed E-state index contributed by atoms with van der Waals surface area (Å²) in [5.41, 5.74) is 3.70. The molecule has 0 amide bonds. The summed E-state index contributed by atoms with van der Waals surface area (Å²) in [6.45, 7) is 4.95. The Balaban J connectivity index is 1.96. The molecule has 1 aliphatic carbocycles. The largest absolute Gasteiger partial charge is 0.376 e. The van der Waals surface area contributed by atoms with Crippen LogP contribution in [0.25, 0.3) is 0 Å². The molecule has 1 aromatic rings. The number of aromatic nitrogens is 2. The lowest BCUT2D eigenvalue weighted by Gasteiger charge is -2.29. The van der Waals surface area contributed by atoms with Gasteiger partial charge in [-0.15, -0.1) is 0 Å². The highest BCUT2D eigenvalue weighted by Crippen LogP contribution is 2.40. The molecule has 2 aliphatic rings. The first-order valence-corrected chi connectivity index (χ1v) is 7.31. The van der Waals surface area contributed by atoms with Crippen molar-refractivity contribution >= 4 is 11.6 Å². The second-order valence-electron chi connectivity index (χ2n) is 5.84. The zero-order chi connectivity index (χ0) is 14.3. The molecule has 0 bridgehead atoms. The number of hydrazine groups is 1. The lowest BCUT2D eigenvalue weighted by Crippen LogP contribution is -2.38. The number of hydrogen-bond donors (Lipinski definition) is 2. The molecule has 0 aromatic carbocycles. The summed E-state index contributed by atoms with van der Waals surface area (Å²) in [4.78, 5) is 11.5. The van der Waals surface area contributed by atoms with E-state index in [0.29, 0.717) is 12.0 Å². The summed E-state index contributed by atoms with van der Waals surface area (Å²) >= 11 is 0. The second kappa shape index (κ2) is 5.18. The van der Waals surface area contributed by atoms with Gasteiger partial charge in [0.2, 0.25) is 0 Å². The summed E-state index contributed by atoms with van der Waals surface area (Å²) in [6, 6.07) is 0.362. The maximum Gasteiger partial charge on any atom is 0.148 e. The van der Waals surface area contributed by atoms with Crippen LogP contribution in [-0.2, 0) is 4.74 Å². The quantitative estimate of drug-likeness (QED) is 0.642. The smallest absolute Gasteiger partial charge is 0.148 e. The number of nitrogen functional groups attached to an aromatic ring is 1. The first-order chi connectivity index (χ1) is 9.61. The molecule has 20 heavy (non-hydrogen) atoms. The average Bonchev–Trinajstić information content (AvgIpc) is 3.20. The van der Waals surface area contributed by atoms with Crippen molar-refractivity contribution in [3.63, 3.8) is 0 Å². The number of nitrogens with two attached hydrogens (primary N) is 1. The third kappa shape index (κ3) is 2.33. The van der Waals surface area contributed by atoms with Gasteiger partial charge in [-0.05, 0) is 33.1 Å². The summed E-state index contributed by atoms with van der Waals surface area (Å²) in [7, 11) is 2.09. The van der Waals surface area contributed by atoms with E-state index in [0.717, 1.165) is 36.1 Å². The number of ether oxygens (including phenoxy) is 1. The fraction of sp³-hybridized carbons (Fsp3) is 0.714. The molecule has 1 aliphatic heterocycles. The van der Waals surface area contributed by atoms with E-state index >= 15 is 0 Å². The van der Waals surface area contributed by atoms with Gasteiger partial charge in [-0.2, -0.15) is 0 Å². The van der Waals surface area contributed by atoms with Crippen LogP contribution in [0.1, 0.15) is 43.5 Å². The zero-order valence-electron chi connectivity index (χ0n) is 12.4. The molecule has 2 atom stereocenters. The van der Waals surface area contributed by atoms with Crippen LogP contribution in [0.15, 0.2) is 0 Å². The van der Waals surface area contributed by atoms with Gasteiger partial charge in [0, 0.05) is 25.1 Å². The zero-order valence-corrected chi connectivity index (χ0v) is 12.4. The summed E-state index contributed by atoms with van der Waals surface area (Å²) in [5.74, 6) is 8.73. The van der Waals surface area contributed by atoms with E-state index in [9.17, 15) is 0 Å². The van der Waals surface area contributed by atoms with Gasteiger partial charge in [0.05, 0.1) is 12.1 Å². The molecule has 110 valence electrons. The van der Waals surface area contributed by atoms with Crippen molar-refractivity contribution in [3.05, 3.63) is 11.4 Å². The lowest BCUT2D eigenvalue weighted by molar-refractivity contribution is 0.118. The van der Waals surface area contributed by atoms with E-state index < -0.39 is 0 Å². The number of anilines is 2. The van der Waals surface area contributed by atoms with Crippen molar-refractivity contribution in [3.8, 4) is 0 Å². The summed E-state index contributed by atoms with van der Waals surface area (Å²) in [5, 5.41) is 0. The number of likely N-dealkylation sites (N-methyl/N-ethyl adjacent to an activating group) is 1. The van der Waals surface area contributed by atoms with E-state index in [2.05, 4.69) is 29.3 Å². The van der Waals surface area contributed by atoms with Crippen LogP contribution in [0.2, 0.25) is 0 Å². The fourth-order valence-corrected chi connectivity index (χ4v) is 2.92. The van der Waals surface area contributed by atoms with Crippen LogP contribution in [0, 0.1) is 6.92 Å². The standard InChI is InChI=1S/C14H23N5O/c1-8-12(18-15)16-13(10-4-5-10)17-14(8)19(3)11-6-7-20-9(11)2/h9-11H,4-7,15H2,1-3H3,(H,16,17,18). The normalized spacial score (nSPS) is 25.8. The first-order valence-electron chi connectivity index (χ1n) is 7.31. The molecule has 2 unspecified atom stereocenters. The predicted molar refractivity (Wildman–Crippen MR) is 78.8 cm³/mol. The van der Waals surface area contributed by atoms with Crippen LogP contribution in [0.4, 0.5) is 11.6 Å². The number of hydrogen-bond acceptors (Lipinski definition) is 6.